The normalized spacial score (nSPS) is 12.0. The largest absolute Gasteiger partial charge is 0.385 e. The molecule has 31 heavy (non-hydrogen) atoms. The van der Waals surface area contributed by atoms with Gasteiger partial charge in [0.15, 0.2) is 11.0 Å². The van der Waals surface area contributed by atoms with Gasteiger partial charge in [0.2, 0.25) is 5.91 Å². The molecule has 0 aliphatic carbocycles. The number of thioether (sulfide) groups is 1. The molecule has 1 N–H and O–H groups in total. The highest BCUT2D eigenvalue weighted by atomic mass is 35.5. The summed E-state index contributed by atoms with van der Waals surface area (Å²) in [4.78, 5) is 12.9. The van der Waals surface area contributed by atoms with Crippen molar-refractivity contribution in [2.24, 2.45) is 0 Å². The topological polar surface area (TPSA) is 69.0 Å². The Labute approximate surface area is 192 Å². The van der Waals surface area contributed by atoms with Crippen LogP contribution in [0.4, 0.5) is 5.69 Å². The number of aryl methyl sites for hydroxylation is 2. The molecule has 8 heteroatoms. The zero-order chi connectivity index (χ0) is 22.4. The molecule has 0 bridgehead atoms. The second-order valence-corrected chi connectivity index (χ2v) is 9.02. The Kier molecular flexibility index (Phi) is 8.12. The number of hydrogen-bond acceptors (Lipinski definition) is 5. The van der Waals surface area contributed by atoms with Gasteiger partial charge in [0, 0.05) is 31.5 Å². The van der Waals surface area contributed by atoms with E-state index < -0.39 is 0 Å². The average molecular weight is 459 g/mol. The van der Waals surface area contributed by atoms with Crippen molar-refractivity contribution in [3.63, 3.8) is 0 Å². The third kappa shape index (κ3) is 5.67. The summed E-state index contributed by atoms with van der Waals surface area (Å²) in [5, 5.41) is 12.7. The molecular weight excluding hydrogens is 432 g/mol. The van der Waals surface area contributed by atoms with Crippen molar-refractivity contribution in [2.75, 3.05) is 19.0 Å². The molecule has 0 aliphatic rings. The minimum atomic E-state index is -0.358. The Hall–Kier alpha value is -2.35. The number of methoxy groups -OCH3 is 1. The summed E-state index contributed by atoms with van der Waals surface area (Å²) in [6.45, 7) is 7.13. The number of nitrogens with one attached hydrogen (secondary N) is 1. The molecule has 6 nitrogen and oxygen atoms in total. The first-order valence-corrected chi connectivity index (χ1v) is 11.4. The molecule has 0 spiro atoms. The van der Waals surface area contributed by atoms with Gasteiger partial charge in [-0.05, 0) is 50.5 Å². The van der Waals surface area contributed by atoms with Crippen molar-refractivity contribution < 1.29 is 9.53 Å². The fourth-order valence-electron chi connectivity index (χ4n) is 3.23. The number of benzene rings is 2. The minimum absolute atomic E-state index is 0.0758. The molecule has 3 rings (SSSR count). The highest BCUT2D eigenvalue weighted by Crippen LogP contribution is 2.31. The monoisotopic (exact) mass is 458 g/mol. The molecule has 0 saturated carbocycles. The number of hydrogen-bond donors (Lipinski definition) is 1. The molecule has 1 unspecified atom stereocenters. The molecule has 0 aliphatic heterocycles. The maximum absolute atomic E-state index is 12.9. The van der Waals surface area contributed by atoms with E-state index in [0.29, 0.717) is 29.2 Å². The van der Waals surface area contributed by atoms with Crippen LogP contribution in [-0.2, 0) is 16.1 Å². The van der Waals surface area contributed by atoms with E-state index in [2.05, 4.69) is 15.5 Å². The Bertz CT molecular complexity index is 1030. The molecule has 0 fully saturated rings. The molecule has 3 aromatic rings. The summed E-state index contributed by atoms with van der Waals surface area (Å²) in [6, 6.07) is 13.5. The van der Waals surface area contributed by atoms with Gasteiger partial charge in [-0.3, -0.25) is 4.79 Å². The van der Waals surface area contributed by atoms with Crippen LogP contribution in [-0.4, -0.2) is 39.6 Å². The third-order valence-corrected chi connectivity index (χ3v) is 6.35. The van der Waals surface area contributed by atoms with Gasteiger partial charge in [-0.15, -0.1) is 10.2 Å². The van der Waals surface area contributed by atoms with E-state index in [-0.39, 0.29) is 11.2 Å². The predicted molar refractivity (Wildman–Crippen MR) is 127 cm³/mol. The minimum Gasteiger partial charge on any atom is -0.385 e. The van der Waals surface area contributed by atoms with Crippen LogP contribution in [0.5, 0.6) is 0 Å². The number of amides is 1. The maximum atomic E-state index is 12.9. The van der Waals surface area contributed by atoms with E-state index >= 15 is 0 Å². The second-order valence-electron chi connectivity index (χ2n) is 7.30. The number of halogens is 1. The van der Waals surface area contributed by atoms with E-state index in [0.717, 1.165) is 28.8 Å². The number of carbonyl (C=O) groups is 1. The first-order valence-electron chi connectivity index (χ1n) is 10.1. The summed E-state index contributed by atoms with van der Waals surface area (Å²) in [7, 11) is 1.68. The molecular formula is C23H27ClN4O2S. The van der Waals surface area contributed by atoms with Crippen LogP contribution >= 0.6 is 23.4 Å². The van der Waals surface area contributed by atoms with Crippen molar-refractivity contribution in [3.8, 4) is 11.4 Å². The third-order valence-electron chi connectivity index (χ3n) is 4.94. The molecule has 1 heterocycles. The van der Waals surface area contributed by atoms with E-state index in [1.165, 1.54) is 11.8 Å². The van der Waals surface area contributed by atoms with Crippen LogP contribution in [0.1, 0.15) is 24.5 Å². The second kappa shape index (κ2) is 10.8. The molecule has 2 aromatic carbocycles. The summed E-state index contributed by atoms with van der Waals surface area (Å²) in [6.07, 6.45) is 0.794. The first kappa shape index (κ1) is 23.3. The fourth-order valence-corrected chi connectivity index (χ4v) is 4.33. The van der Waals surface area contributed by atoms with Crippen molar-refractivity contribution in [1.82, 2.24) is 14.8 Å². The standard InChI is InChI=1S/C23H27ClN4O2S/c1-15-9-7-10-16(2)20(15)25-22(29)17(3)31-23-27-26-21(28(23)13-8-14-30-4)18-11-5-6-12-19(18)24/h5-7,9-12,17H,8,13-14H2,1-4H3,(H,25,29). The summed E-state index contributed by atoms with van der Waals surface area (Å²) in [5.74, 6) is 0.611. The number of nitrogens with zero attached hydrogens (tertiary/aromatic N) is 3. The zero-order valence-electron chi connectivity index (χ0n) is 18.2. The quantitative estimate of drug-likeness (QED) is 0.344. The van der Waals surface area contributed by atoms with Gasteiger partial charge in [0.25, 0.3) is 0 Å². The van der Waals surface area contributed by atoms with Crippen molar-refractivity contribution in [3.05, 3.63) is 58.6 Å². The molecule has 1 aromatic heterocycles. The summed E-state index contributed by atoms with van der Waals surface area (Å²) >= 11 is 7.78. The van der Waals surface area contributed by atoms with Crippen LogP contribution in [0.25, 0.3) is 11.4 Å². The van der Waals surface area contributed by atoms with Crippen LogP contribution < -0.4 is 5.32 Å². The fraction of sp³-hybridized carbons (Fsp3) is 0.348. The van der Waals surface area contributed by atoms with Crippen molar-refractivity contribution in [2.45, 2.75) is 44.1 Å². The maximum Gasteiger partial charge on any atom is 0.237 e. The molecule has 0 radical (unpaired) electrons. The zero-order valence-corrected chi connectivity index (χ0v) is 19.8. The number of carbonyl (C=O) groups excluding carboxylic acids is 1. The number of aromatic nitrogens is 3. The lowest BCUT2D eigenvalue weighted by Gasteiger charge is -2.16. The van der Waals surface area contributed by atoms with Crippen LogP contribution in [0, 0.1) is 13.8 Å². The Morgan fingerprint density at radius 2 is 1.87 bits per heavy atom. The highest BCUT2D eigenvalue weighted by Gasteiger charge is 2.22. The lowest BCUT2D eigenvalue weighted by molar-refractivity contribution is -0.115. The van der Waals surface area contributed by atoms with Crippen molar-refractivity contribution >= 4 is 35.0 Å². The van der Waals surface area contributed by atoms with Gasteiger partial charge in [-0.25, -0.2) is 0 Å². The lowest BCUT2D eigenvalue weighted by atomic mass is 10.1. The van der Waals surface area contributed by atoms with Crippen LogP contribution in [0.3, 0.4) is 0 Å². The molecule has 164 valence electrons. The van der Waals surface area contributed by atoms with Crippen LogP contribution in [0.2, 0.25) is 5.02 Å². The first-order chi connectivity index (χ1) is 14.9. The van der Waals surface area contributed by atoms with E-state index in [9.17, 15) is 4.79 Å². The highest BCUT2D eigenvalue weighted by molar-refractivity contribution is 8.00. The molecule has 1 amide bonds. The van der Waals surface area contributed by atoms with Gasteiger partial charge < -0.3 is 14.6 Å². The Balaban J connectivity index is 1.83. The number of rotatable bonds is 9. The SMILES string of the molecule is COCCCn1c(SC(C)C(=O)Nc2c(C)cccc2C)nnc1-c1ccccc1Cl. The van der Waals surface area contributed by atoms with E-state index in [1.807, 2.05) is 67.8 Å². The molecule has 0 saturated heterocycles. The van der Waals surface area contributed by atoms with Gasteiger partial charge in [-0.1, -0.05) is 53.7 Å². The Morgan fingerprint density at radius 3 is 2.55 bits per heavy atom. The molecule has 1 atom stereocenters. The lowest BCUT2D eigenvalue weighted by Crippen LogP contribution is -2.24. The Morgan fingerprint density at radius 1 is 1.16 bits per heavy atom. The van der Waals surface area contributed by atoms with Gasteiger partial charge in [0.1, 0.15) is 0 Å². The van der Waals surface area contributed by atoms with Crippen molar-refractivity contribution in [1.29, 1.82) is 0 Å². The number of para-hydroxylation sites is 1. The summed E-state index contributed by atoms with van der Waals surface area (Å²) < 4.78 is 7.21. The summed E-state index contributed by atoms with van der Waals surface area (Å²) in [5.41, 5.74) is 3.75. The predicted octanol–water partition coefficient (Wildman–Crippen LogP) is 5.37. The average Bonchev–Trinajstić information content (AvgIpc) is 3.13. The van der Waals surface area contributed by atoms with Gasteiger partial charge >= 0.3 is 0 Å². The van der Waals surface area contributed by atoms with Crippen LogP contribution in [0.15, 0.2) is 47.6 Å². The van der Waals surface area contributed by atoms with E-state index in [4.69, 9.17) is 16.3 Å². The van der Waals surface area contributed by atoms with E-state index in [1.54, 1.807) is 7.11 Å². The smallest absolute Gasteiger partial charge is 0.237 e. The number of anilines is 1. The number of ether oxygens (including phenoxy) is 1. The van der Waals surface area contributed by atoms with Gasteiger partial charge in [-0.2, -0.15) is 0 Å². The van der Waals surface area contributed by atoms with Gasteiger partial charge in [0.05, 0.1) is 10.3 Å².